The number of allylic oxidation sites excluding steroid dienone is 9. The SMILES string of the molecule is CC(C)(C)C1=C2C(=Cc3ccccc32)C(CC2=CC=CC2)(C(C)(C)C)C=C1.Cl.Cl.[Zr]. The topological polar surface area (TPSA) is 0 Å². The zero-order chi connectivity index (χ0) is 19.4. The summed E-state index contributed by atoms with van der Waals surface area (Å²) >= 11 is 0. The first-order chi connectivity index (χ1) is 12.6. The van der Waals surface area contributed by atoms with Crippen LogP contribution in [0.1, 0.15) is 65.5 Å². The Balaban J connectivity index is 0.00000150. The second kappa shape index (κ2) is 9.48. The van der Waals surface area contributed by atoms with Gasteiger partial charge in [-0.2, -0.15) is 0 Å². The first-order valence-corrected chi connectivity index (χ1v) is 10.2. The van der Waals surface area contributed by atoms with Crippen molar-refractivity contribution in [2.45, 2.75) is 54.4 Å². The van der Waals surface area contributed by atoms with Crippen molar-refractivity contribution >= 4 is 36.5 Å². The third-order valence-corrected chi connectivity index (χ3v) is 6.58. The van der Waals surface area contributed by atoms with Crippen molar-refractivity contribution in [1.29, 1.82) is 0 Å². The molecule has 1 unspecified atom stereocenters. The minimum absolute atomic E-state index is 0. The fraction of sp³-hybridized carbons (Fsp3) is 0.407. The molecule has 0 spiro atoms. The molecule has 3 heteroatoms. The van der Waals surface area contributed by atoms with Gasteiger partial charge in [0, 0.05) is 31.6 Å². The van der Waals surface area contributed by atoms with Crippen LogP contribution in [0.3, 0.4) is 0 Å². The van der Waals surface area contributed by atoms with E-state index in [2.05, 4.69) is 102 Å². The van der Waals surface area contributed by atoms with Crippen LogP contribution in [0.5, 0.6) is 0 Å². The molecule has 160 valence electrons. The van der Waals surface area contributed by atoms with E-state index in [0.29, 0.717) is 0 Å². The number of hydrogen-bond acceptors (Lipinski definition) is 0. The zero-order valence-electron chi connectivity index (χ0n) is 19.0. The average molecular weight is 521 g/mol. The Morgan fingerprint density at radius 3 is 2.20 bits per heavy atom. The molecule has 0 aliphatic heterocycles. The van der Waals surface area contributed by atoms with Crippen LogP contribution in [0.15, 0.2) is 71.4 Å². The van der Waals surface area contributed by atoms with E-state index >= 15 is 0 Å². The molecule has 1 atom stereocenters. The molecule has 0 nitrogen and oxygen atoms in total. The Bertz CT molecular complexity index is 946. The third kappa shape index (κ3) is 4.46. The maximum absolute atomic E-state index is 2.54. The second-order valence-electron chi connectivity index (χ2n) is 10.4. The van der Waals surface area contributed by atoms with Gasteiger partial charge in [0.25, 0.3) is 0 Å². The molecule has 0 radical (unpaired) electrons. The minimum atomic E-state index is 0. The Morgan fingerprint density at radius 2 is 1.63 bits per heavy atom. The Kier molecular flexibility index (Phi) is 8.66. The molecule has 3 aliphatic rings. The molecular weight excluding hydrogens is 486 g/mol. The van der Waals surface area contributed by atoms with Crippen LogP contribution in [-0.4, -0.2) is 0 Å². The Morgan fingerprint density at radius 1 is 0.967 bits per heavy atom. The molecule has 0 amide bonds. The number of halogens is 2. The maximum Gasteiger partial charge on any atom is 0.0227 e. The van der Waals surface area contributed by atoms with E-state index in [9.17, 15) is 0 Å². The van der Waals surface area contributed by atoms with E-state index in [0.717, 1.165) is 12.8 Å². The van der Waals surface area contributed by atoms with Crippen LogP contribution in [-0.2, 0) is 26.2 Å². The Hall–Kier alpha value is -0.617. The van der Waals surface area contributed by atoms with Gasteiger partial charge in [0.1, 0.15) is 0 Å². The molecule has 0 aromatic heterocycles. The predicted octanol–water partition coefficient (Wildman–Crippen LogP) is 8.60. The molecule has 30 heavy (non-hydrogen) atoms. The van der Waals surface area contributed by atoms with Gasteiger partial charge in [-0.1, -0.05) is 102 Å². The summed E-state index contributed by atoms with van der Waals surface area (Å²) in [7, 11) is 0. The van der Waals surface area contributed by atoms with Crippen molar-refractivity contribution < 1.29 is 26.2 Å². The molecule has 1 aromatic rings. The molecule has 0 bridgehead atoms. The van der Waals surface area contributed by atoms with Crippen LogP contribution in [0.25, 0.3) is 11.6 Å². The van der Waals surface area contributed by atoms with Gasteiger partial charge < -0.3 is 0 Å². The Labute approximate surface area is 214 Å². The summed E-state index contributed by atoms with van der Waals surface area (Å²) in [5.74, 6) is 0. The maximum atomic E-state index is 2.54. The van der Waals surface area contributed by atoms with Gasteiger partial charge in [0.2, 0.25) is 0 Å². The summed E-state index contributed by atoms with van der Waals surface area (Å²) in [4.78, 5) is 0. The third-order valence-electron chi connectivity index (χ3n) is 6.58. The molecule has 4 rings (SSSR count). The standard InChI is InChI=1S/C27H32.2ClH.Zr/c1-25(2,3)22-15-16-27(26(4,5)6,18-19-11-7-8-12-19)23-17-20-13-9-10-14-21(20)24(22)23;;;/h7-11,13-17H,12,18H2,1-6H3;2*1H;. The molecule has 0 fully saturated rings. The van der Waals surface area contributed by atoms with Gasteiger partial charge >= 0.3 is 0 Å². The average Bonchev–Trinajstić information content (AvgIpc) is 3.20. The molecule has 0 saturated carbocycles. The number of hydrogen-bond donors (Lipinski definition) is 0. The fourth-order valence-electron chi connectivity index (χ4n) is 4.94. The van der Waals surface area contributed by atoms with Crippen molar-refractivity contribution in [2.24, 2.45) is 16.2 Å². The predicted molar refractivity (Wildman–Crippen MR) is 133 cm³/mol. The van der Waals surface area contributed by atoms with Gasteiger partial charge in [-0.25, -0.2) is 0 Å². The summed E-state index contributed by atoms with van der Waals surface area (Å²) in [6, 6.07) is 8.93. The van der Waals surface area contributed by atoms with E-state index in [1.807, 2.05) is 0 Å². The summed E-state index contributed by atoms with van der Waals surface area (Å²) in [6.07, 6.45) is 16.5. The minimum Gasteiger partial charge on any atom is -0.147 e. The zero-order valence-corrected chi connectivity index (χ0v) is 23.1. The smallest absolute Gasteiger partial charge is 0.0227 e. The van der Waals surface area contributed by atoms with Gasteiger partial charge in [0.05, 0.1) is 0 Å². The van der Waals surface area contributed by atoms with Gasteiger partial charge in [-0.15, -0.1) is 24.8 Å². The molecular formula is C27H34Cl2Zr. The first kappa shape index (κ1) is 27.4. The quantitative estimate of drug-likeness (QED) is 0.366. The van der Waals surface area contributed by atoms with E-state index in [1.54, 1.807) is 5.57 Å². The van der Waals surface area contributed by atoms with Gasteiger partial charge in [-0.05, 0) is 57.6 Å². The van der Waals surface area contributed by atoms with E-state index < -0.39 is 0 Å². The van der Waals surface area contributed by atoms with Crippen LogP contribution >= 0.6 is 24.8 Å². The van der Waals surface area contributed by atoms with E-state index in [1.165, 1.54) is 27.8 Å². The molecule has 1 aromatic carbocycles. The first-order valence-electron chi connectivity index (χ1n) is 10.2. The van der Waals surface area contributed by atoms with Crippen molar-refractivity contribution in [3.05, 3.63) is 82.5 Å². The van der Waals surface area contributed by atoms with E-state index in [4.69, 9.17) is 0 Å². The second-order valence-corrected chi connectivity index (χ2v) is 10.4. The van der Waals surface area contributed by atoms with Gasteiger partial charge in [0.15, 0.2) is 0 Å². The van der Waals surface area contributed by atoms with Crippen molar-refractivity contribution in [3.63, 3.8) is 0 Å². The van der Waals surface area contributed by atoms with Gasteiger partial charge in [-0.3, -0.25) is 0 Å². The summed E-state index contributed by atoms with van der Waals surface area (Å²) < 4.78 is 0. The van der Waals surface area contributed by atoms with Crippen molar-refractivity contribution in [2.75, 3.05) is 0 Å². The number of benzene rings is 1. The summed E-state index contributed by atoms with van der Waals surface area (Å²) in [5, 5.41) is 0. The van der Waals surface area contributed by atoms with Crippen molar-refractivity contribution in [3.8, 4) is 0 Å². The molecule has 0 N–H and O–H groups in total. The van der Waals surface area contributed by atoms with Crippen LogP contribution in [0.2, 0.25) is 0 Å². The normalized spacial score (nSPS) is 21.7. The number of fused-ring (bicyclic) bond motifs is 3. The summed E-state index contributed by atoms with van der Waals surface area (Å²) in [5.41, 5.74) is 9.10. The van der Waals surface area contributed by atoms with Crippen LogP contribution in [0, 0.1) is 16.2 Å². The monoisotopic (exact) mass is 518 g/mol. The van der Waals surface area contributed by atoms with Crippen LogP contribution in [0.4, 0.5) is 0 Å². The molecule has 0 saturated heterocycles. The molecule has 0 heterocycles. The molecule has 3 aliphatic carbocycles. The largest absolute Gasteiger partial charge is 0.147 e. The van der Waals surface area contributed by atoms with E-state index in [-0.39, 0.29) is 67.3 Å². The fourth-order valence-corrected chi connectivity index (χ4v) is 4.94. The van der Waals surface area contributed by atoms with Crippen LogP contribution < -0.4 is 0 Å². The summed E-state index contributed by atoms with van der Waals surface area (Å²) in [6.45, 7) is 14.2. The number of rotatable bonds is 2. The van der Waals surface area contributed by atoms with Crippen molar-refractivity contribution in [1.82, 2.24) is 0 Å².